The molecule has 4 aromatic rings. The van der Waals surface area contributed by atoms with Crippen LogP contribution in [-0.2, 0) is 21.9 Å². The number of carbonyl (C=O) groups excluding carboxylic acids is 1. The molecule has 2 aromatic heterocycles. The lowest BCUT2D eigenvalue weighted by atomic mass is 10.00. The summed E-state index contributed by atoms with van der Waals surface area (Å²) >= 11 is 0. The number of aromatic nitrogens is 4. The highest BCUT2D eigenvalue weighted by molar-refractivity contribution is 7.92. The molecule has 1 amide bonds. The van der Waals surface area contributed by atoms with Crippen LogP contribution in [0.3, 0.4) is 0 Å². The number of likely N-dealkylation sites (tertiary alicyclic amines) is 1. The Balaban J connectivity index is 1.40. The second kappa shape index (κ2) is 11.4. The predicted molar refractivity (Wildman–Crippen MR) is 148 cm³/mol. The van der Waals surface area contributed by atoms with E-state index in [1.165, 1.54) is 28.0 Å². The van der Waals surface area contributed by atoms with Crippen LogP contribution in [-0.4, -0.2) is 63.3 Å². The van der Waals surface area contributed by atoms with Crippen LogP contribution >= 0.6 is 0 Å². The van der Waals surface area contributed by atoms with Crippen LogP contribution in [0.5, 0.6) is 5.88 Å². The third-order valence-electron chi connectivity index (χ3n) is 6.91. The molecule has 5 rings (SSSR count). The van der Waals surface area contributed by atoms with Gasteiger partial charge in [-0.1, -0.05) is 30.3 Å². The highest BCUT2D eigenvalue weighted by Crippen LogP contribution is 2.31. The second-order valence-electron chi connectivity index (χ2n) is 10.00. The molecule has 0 spiro atoms. The van der Waals surface area contributed by atoms with Gasteiger partial charge in [0.1, 0.15) is 11.0 Å². The number of aliphatic hydroxyl groups is 1. The van der Waals surface area contributed by atoms with E-state index in [0.717, 1.165) is 28.8 Å². The molecule has 11 nitrogen and oxygen atoms in total. The minimum Gasteiger partial charge on any atom is -0.472 e. The number of aliphatic hydroxyl groups excluding tert-OH is 1. The van der Waals surface area contributed by atoms with Crippen molar-refractivity contribution in [1.82, 2.24) is 24.6 Å². The standard InChI is InChI=1S/C28H28F2N6O5S/c1-16-6-4-7-17(2)24(16)22-12-23(33-28(32-22)34-42(39,40)19-13-31-35(3)15-19)41-18-10-11-36(14-18)27(38)26(37)20-8-5-9-21(29)25(20)30/h4-9,12-13,15,18,26,37H,10-11,14H2,1-3H3,(H,32,33,34). The Labute approximate surface area is 240 Å². The van der Waals surface area contributed by atoms with Crippen molar-refractivity contribution >= 4 is 21.9 Å². The number of amides is 1. The number of carbonyl (C=O) groups is 1. The molecule has 0 bridgehead atoms. The summed E-state index contributed by atoms with van der Waals surface area (Å²) in [5, 5.41) is 14.4. The Hall–Kier alpha value is -4.43. The zero-order valence-corrected chi connectivity index (χ0v) is 23.8. The quantitative estimate of drug-likeness (QED) is 0.315. The first-order valence-corrected chi connectivity index (χ1v) is 14.5. The Morgan fingerprint density at radius 2 is 1.86 bits per heavy atom. The normalized spacial score (nSPS) is 16.0. The van der Waals surface area contributed by atoms with E-state index in [9.17, 15) is 27.1 Å². The first-order valence-electron chi connectivity index (χ1n) is 13.0. The summed E-state index contributed by atoms with van der Waals surface area (Å²) in [5.74, 6) is -3.42. The number of sulfonamides is 1. The maximum atomic E-state index is 14.2. The van der Waals surface area contributed by atoms with Gasteiger partial charge in [-0.15, -0.1) is 0 Å². The predicted octanol–water partition coefficient (Wildman–Crippen LogP) is 3.29. The van der Waals surface area contributed by atoms with Gasteiger partial charge in [-0.25, -0.2) is 26.9 Å². The van der Waals surface area contributed by atoms with Crippen LogP contribution in [0.15, 0.2) is 59.8 Å². The minimum atomic E-state index is -4.07. The van der Waals surface area contributed by atoms with E-state index in [1.54, 1.807) is 13.1 Å². The topological polar surface area (TPSA) is 140 Å². The molecule has 14 heteroatoms. The molecule has 2 atom stereocenters. The number of halogens is 2. The summed E-state index contributed by atoms with van der Waals surface area (Å²) in [6.45, 7) is 4.02. The van der Waals surface area contributed by atoms with E-state index in [0.29, 0.717) is 12.1 Å². The van der Waals surface area contributed by atoms with Crippen LogP contribution in [0, 0.1) is 25.5 Å². The highest BCUT2D eigenvalue weighted by atomic mass is 32.2. The lowest BCUT2D eigenvalue weighted by molar-refractivity contribution is -0.139. The van der Waals surface area contributed by atoms with Crippen molar-refractivity contribution in [3.8, 4) is 17.1 Å². The summed E-state index contributed by atoms with van der Waals surface area (Å²) in [5.41, 5.74) is 2.54. The Kier molecular flexibility index (Phi) is 7.93. The van der Waals surface area contributed by atoms with Crippen molar-refractivity contribution in [1.29, 1.82) is 0 Å². The SMILES string of the molecule is Cc1cccc(C)c1-c1cc(OC2CCN(C(=O)C(O)c3cccc(F)c3F)C2)nc(NS(=O)(=O)c2cnn(C)c2)n1. The van der Waals surface area contributed by atoms with Crippen LogP contribution in [0.4, 0.5) is 14.7 Å². The van der Waals surface area contributed by atoms with Crippen LogP contribution < -0.4 is 9.46 Å². The summed E-state index contributed by atoms with van der Waals surface area (Å²) < 4.78 is 63.6. The average Bonchev–Trinajstić information content (AvgIpc) is 3.58. The number of ether oxygens (including phenoxy) is 1. The van der Waals surface area contributed by atoms with Crippen molar-refractivity contribution in [2.24, 2.45) is 7.05 Å². The van der Waals surface area contributed by atoms with E-state index >= 15 is 0 Å². The molecule has 2 N–H and O–H groups in total. The zero-order valence-electron chi connectivity index (χ0n) is 23.0. The second-order valence-corrected chi connectivity index (χ2v) is 11.7. The van der Waals surface area contributed by atoms with Gasteiger partial charge in [0, 0.05) is 43.4 Å². The molecule has 1 aliphatic rings. The molecule has 3 heterocycles. The summed E-state index contributed by atoms with van der Waals surface area (Å²) in [4.78, 5) is 22.8. The smallest absolute Gasteiger partial charge is 0.267 e. The van der Waals surface area contributed by atoms with E-state index in [1.807, 2.05) is 32.0 Å². The summed E-state index contributed by atoms with van der Waals surface area (Å²) in [7, 11) is -2.48. The highest BCUT2D eigenvalue weighted by Gasteiger charge is 2.34. The van der Waals surface area contributed by atoms with Gasteiger partial charge in [-0.3, -0.25) is 9.48 Å². The van der Waals surface area contributed by atoms with Gasteiger partial charge < -0.3 is 14.7 Å². The van der Waals surface area contributed by atoms with Gasteiger partial charge in [-0.2, -0.15) is 10.1 Å². The maximum absolute atomic E-state index is 14.2. The lowest BCUT2D eigenvalue weighted by Crippen LogP contribution is -2.35. The number of aryl methyl sites for hydroxylation is 3. The number of nitrogens with one attached hydrogen (secondary N) is 1. The zero-order chi connectivity index (χ0) is 30.2. The van der Waals surface area contributed by atoms with Crippen molar-refractivity contribution in [3.05, 3.63) is 83.2 Å². The van der Waals surface area contributed by atoms with Gasteiger partial charge in [0.05, 0.1) is 18.4 Å². The number of rotatable bonds is 8. The van der Waals surface area contributed by atoms with Crippen molar-refractivity contribution in [3.63, 3.8) is 0 Å². The maximum Gasteiger partial charge on any atom is 0.267 e. The van der Waals surface area contributed by atoms with Crippen LogP contribution in [0.25, 0.3) is 11.3 Å². The third-order valence-corrected chi connectivity index (χ3v) is 8.19. The molecule has 0 saturated carbocycles. The van der Waals surface area contributed by atoms with Gasteiger partial charge in [0.15, 0.2) is 17.7 Å². The molecular formula is C28H28F2N6O5S. The molecule has 2 aromatic carbocycles. The molecule has 1 saturated heterocycles. The first-order chi connectivity index (χ1) is 19.9. The van der Waals surface area contributed by atoms with Crippen LogP contribution in [0.1, 0.15) is 29.2 Å². The monoisotopic (exact) mass is 598 g/mol. The molecule has 1 aliphatic heterocycles. The third kappa shape index (κ3) is 5.94. The van der Waals surface area contributed by atoms with Crippen molar-refractivity contribution < 1.29 is 31.8 Å². The van der Waals surface area contributed by atoms with E-state index < -0.39 is 45.3 Å². The Morgan fingerprint density at radius 3 is 2.55 bits per heavy atom. The van der Waals surface area contributed by atoms with Crippen LogP contribution in [0.2, 0.25) is 0 Å². The first kappa shape index (κ1) is 29.1. The number of anilines is 1. The lowest BCUT2D eigenvalue weighted by Gasteiger charge is -2.21. The molecule has 2 unspecified atom stereocenters. The Morgan fingerprint density at radius 1 is 1.14 bits per heavy atom. The molecular weight excluding hydrogens is 570 g/mol. The largest absolute Gasteiger partial charge is 0.472 e. The number of benzene rings is 2. The summed E-state index contributed by atoms with van der Waals surface area (Å²) in [6.07, 6.45) is 0.417. The van der Waals surface area contributed by atoms with Crippen molar-refractivity contribution in [2.45, 2.75) is 37.4 Å². The van der Waals surface area contributed by atoms with E-state index in [2.05, 4.69) is 19.8 Å². The van der Waals surface area contributed by atoms with Crippen molar-refractivity contribution in [2.75, 3.05) is 17.8 Å². The fourth-order valence-corrected chi connectivity index (χ4v) is 5.75. The fraction of sp³-hybridized carbons (Fsp3) is 0.286. The van der Waals surface area contributed by atoms with Gasteiger partial charge in [0.25, 0.3) is 15.9 Å². The number of nitrogens with zero attached hydrogens (tertiary/aromatic N) is 5. The number of hydrogen-bond acceptors (Lipinski definition) is 8. The molecule has 42 heavy (non-hydrogen) atoms. The average molecular weight is 599 g/mol. The molecule has 0 radical (unpaired) electrons. The molecule has 1 fully saturated rings. The molecule has 0 aliphatic carbocycles. The fourth-order valence-electron chi connectivity index (χ4n) is 4.83. The van der Waals surface area contributed by atoms with Gasteiger partial charge in [-0.05, 0) is 31.0 Å². The Bertz CT molecular complexity index is 1740. The van der Waals surface area contributed by atoms with Gasteiger partial charge in [0.2, 0.25) is 11.8 Å². The van der Waals surface area contributed by atoms with E-state index in [-0.39, 0.29) is 29.8 Å². The minimum absolute atomic E-state index is 0.0340. The molecule has 220 valence electrons. The van der Waals surface area contributed by atoms with E-state index in [4.69, 9.17) is 4.74 Å². The summed E-state index contributed by atoms with van der Waals surface area (Å²) in [6, 6.07) is 10.5. The van der Waals surface area contributed by atoms with Gasteiger partial charge >= 0.3 is 0 Å². The number of hydrogen-bond donors (Lipinski definition) is 2.